The van der Waals surface area contributed by atoms with Crippen LogP contribution in [0.5, 0.6) is 11.5 Å². The van der Waals surface area contributed by atoms with Crippen LogP contribution in [0, 0.1) is 13.8 Å². The maximum atomic E-state index is 12.1. The van der Waals surface area contributed by atoms with Crippen LogP contribution in [0.4, 0.5) is 0 Å². The summed E-state index contributed by atoms with van der Waals surface area (Å²) in [5, 5.41) is 0. The van der Waals surface area contributed by atoms with E-state index in [0.29, 0.717) is 17.1 Å². The number of aryl methyl sites for hydroxylation is 2. The first-order valence-corrected chi connectivity index (χ1v) is 8.64. The number of hydrogen-bond donors (Lipinski definition) is 0. The quantitative estimate of drug-likeness (QED) is 0.517. The minimum Gasteiger partial charge on any atom is -0.493 e. The summed E-state index contributed by atoms with van der Waals surface area (Å²) >= 11 is 0. The maximum absolute atomic E-state index is 12.1. The van der Waals surface area contributed by atoms with Crippen LogP contribution in [-0.4, -0.2) is 32.1 Å². The second-order valence-electron chi connectivity index (χ2n) is 6.08. The Labute approximate surface area is 159 Å². The van der Waals surface area contributed by atoms with Crippen molar-refractivity contribution in [2.45, 2.75) is 20.8 Å². The van der Waals surface area contributed by atoms with Crippen LogP contribution < -0.4 is 9.47 Å². The topological polar surface area (TPSA) is 61.8 Å². The van der Waals surface area contributed by atoms with Crippen molar-refractivity contribution < 1.29 is 23.8 Å². The van der Waals surface area contributed by atoms with Gasteiger partial charge in [-0.15, -0.1) is 0 Å². The van der Waals surface area contributed by atoms with Crippen LogP contribution in [-0.2, 0) is 9.53 Å². The van der Waals surface area contributed by atoms with Crippen LogP contribution in [0.1, 0.15) is 34.0 Å². The number of allylic oxidation sites excluding steroid dienone is 1. The van der Waals surface area contributed by atoms with E-state index in [1.807, 2.05) is 51.1 Å². The highest BCUT2D eigenvalue weighted by atomic mass is 16.6. The van der Waals surface area contributed by atoms with Crippen molar-refractivity contribution in [2.75, 3.05) is 20.3 Å². The first-order chi connectivity index (χ1) is 12.9. The first kappa shape index (κ1) is 20.2. The van der Waals surface area contributed by atoms with E-state index in [-0.39, 0.29) is 19.0 Å². The number of ether oxygens (including phenoxy) is 3. The highest BCUT2D eigenvalue weighted by molar-refractivity contribution is 5.98. The Bertz CT molecular complexity index is 852. The summed E-state index contributed by atoms with van der Waals surface area (Å²) in [5.74, 6) is 0.0827. The molecule has 2 aromatic carbocycles. The molecule has 0 radical (unpaired) electrons. The molecule has 0 unspecified atom stereocenters. The van der Waals surface area contributed by atoms with Gasteiger partial charge in [0.05, 0.1) is 7.11 Å². The standard InChI is InChI=1S/C22H24O5/c1-5-6-17-8-10-20(21(12-17)25-4)26-14-22(24)27-13-19(23)18-9-7-15(2)16(3)11-18/h5-12H,13-14H2,1-4H3/b6-5+. The average Bonchev–Trinajstić information content (AvgIpc) is 2.67. The SMILES string of the molecule is C/C=C/c1ccc(OCC(=O)OCC(=O)c2ccc(C)c(C)c2)c(OC)c1. The average molecular weight is 368 g/mol. The molecule has 0 saturated carbocycles. The summed E-state index contributed by atoms with van der Waals surface area (Å²) < 4.78 is 15.8. The highest BCUT2D eigenvalue weighted by Gasteiger charge is 2.13. The molecule has 0 aliphatic carbocycles. The molecule has 0 aliphatic heterocycles. The van der Waals surface area contributed by atoms with Crippen molar-refractivity contribution in [1.29, 1.82) is 0 Å². The van der Waals surface area contributed by atoms with Crippen molar-refractivity contribution >= 4 is 17.8 Å². The predicted octanol–water partition coefficient (Wildman–Crippen LogP) is 4.15. The van der Waals surface area contributed by atoms with Crippen LogP contribution in [0.2, 0.25) is 0 Å². The number of hydrogen-bond acceptors (Lipinski definition) is 5. The van der Waals surface area contributed by atoms with Crippen molar-refractivity contribution in [2.24, 2.45) is 0 Å². The Morgan fingerprint density at radius 3 is 2.41 bits per heavy atom. The summed E-state index contributed by atoms with van der Waals surface area (Å²) in [6.45, 7) is 5.20. The summed E-state index contributed by atoms with van der Waals surface area (Å²) in [6, 6.07) is 10.8. The van der Waals surface area contributed by atoms with Gasteiger partial charge in [0.1, 0.15) is 0 Å². The summed E-state index contributed by atoms with van der Waals surface area (Å²) in [7, 11) is 1.53. The monoisotopic (exact) mass is 368 g/mol. The zero-order valence-electron chi connectivity index (χ0n) is 16.1. The molecule has 0 N–H and O–H groups in total. The molecule has 0 saturated heterocycles. The smallest absolute Gasteiger partial charge is 0.344 e. The molecule has 0 aliphatic rings. The third-order valence-electron chi connectivity index (χ3n) is 4.09. The van der Waals surface area contributed by atoms with Gasteiger partial charge >= 0.3 is 5.97 Å². The summed E-state index contributed by atoms with van der Waals surface area (Å²) in [5.41, 5.74) is 3.60. The highest BCUT2D eigenvalue weighted by Crippen LogP contribution is 2.28. The first-order valence-electron chi connectivity index (χ1n) is 8.64. The van der Waals surface area contributed by atoms with Crippen LogP contribution >= 0.6 is 0 Å². The van der Waals surface area contributed by atoms with Gasteiger partial charge in [-0.05, 0) is 55.7 Å². The zero-order valence-corrected chi connectivity index (χ0v) is 16.1. The lowest BCUT2D eigenvalue weighted by Gasteiger charge is -2.11. The predicted molar refractivity (Wildman–Crippen MR) is 104 cm³/mol. The van der Waals surface area contributed by atoms with Gasteiger partial charge in [0.2, 0.25) is 0 Å². The number of rotatable bonds is 8. The number of esters is 1. The van der Waals surface area contributed by atoms with E-state index in [4.69, 9.17) is 14.2 Å². The van der Waals surface area contributed by atoms with E-state index >= 15 is 0 Å². The number of carbonyl (C=O) groups is 2. The number of Topliss-reactive ketones (excluding diaryl/α,β-unsaturated/α-hetero) is 1. The van der Waals surface area contributed by atoms with Gasteiger partial charge < -0.3 is 14.2 Å². The molecule has 0 spiro atoms. The molecular formula is C22H24O5. The van der Waals surface area contributed by atoms with Crippen molar-refractivity contribution in [3.8, 4) is 11.5 Å². The van der Waals surface area contributed by atoms with E-state index < -0.39 is 5.97 Å². The fourth-order valence-corrected chi connectivity index (χ4v) is 2.42. The second-order valence-corrected chi connectivity index (χ2v) is 6.08. The molecule has 2 aromatic rings. The van der Waals surface area contributed by atoms with Gasteiger partial charge in [0.25, 0.3) is 0 Å². The molecule has 0 atom stereocenters. The van der Waals surface area contributed by atoms with Crippen LogP contribution in [0.3, 0.4) is 0 Å². The van der Waals surface area contributed by atoms with Gasteiger partial charge in [0, 0.05) is 5.56 Å². The zero-order chi connectivity index (χ0) is 19.8. The Hall–Kier alpha value is -3.08. The Morgan fingerprint density at radius 2 is 1.74 bits per heavy atom. The van der Waals surface area contributed by atoms with Gasteiger partial charge in [-0.1, -0.05) is 30.4 Å². The van der Waals surface area contributed by atoms with Crippen LogP contribution in [0.15, 0.2) is 42.5 Å². The summed E-state index contributed by atoms with van der Waals surface area (Å²) in [6.07, 6.45) is 3.85. The maximum Gasteiger partial charge on any atom is 0.344 e. The minimum atomic E-state index is -0.619. The van der Waals surface area contributed by atoms with E-state index in [1.165, 1.54) is 7.11 Å². The molecule has 0 amide bonds. The van der Waals surface area contributed by atoms with Crippen molar-refractivity contribution in [3.05, 3.63) is 64.7 Å². The number of carbonyl (C=O) groups excluding carboxylic acids is 2. The molecule has 0 aromatic heterocycles. The second kappa shape index (κ2) is 9.57. The molecule has 2 rings (SSSR count). The number of methoxy groups -OCH3 is 1. The van der Waals surface area contributed by atoms with Gasteiger partial charge in [-0.2, -0.15) is 0 Å². The fraction of sp³-hybridized carbons (Fsp3) is 0.273. The molecule has 5 heteroatoms. The largest absolute Gasteiger partial charge is 0.493 e. The normalized spacial score (nSPS) is 10.7. The Kier molecular flexibility index (Phi) is 7.17. The third-order valence-corrected chi connectivity index (χ3v) is 4.09. The molecule has 27 heavy (non-hydrogen) atoms. The van der Waals surface area contributed by atoms with Gasteiger partial charge in [-0.3, -0.25) is 4.79 Å². The lowest BCUT2D eigenvalue weighted by Crippen LogP contribution is -2.19. The van der Waals surface area contributed by atoms with Crippen molar-refractivity contribution in [3.63, 3.8) is 0 Å². The summed E-state index contributed by atoms with van der Waals surface area (Å²) in [4.78, 5) is 24.0. The molecule has 142 valence electrons. The lowest BCUT2D eigenvalue weighted by atomic mass is 10.0. The lowest BCUT2D eigenvalue weighted by molar-refractivity contribution is -0.144. The molecule has 0 bridgehead atoms. The van der Waals surface area contributed by atoms with Crippen LogP contribution in [0.25, 0.3) is 6.08 Å². The van der Waals surface area contributed by atoms with E-state index in [0.717, 1.165) is 16.7 Å². The third kappa shape index (κ3) is 5.71. The van der Waals surface area contributed by atoms with E-state index in [1.54, 1.807) is 18.2 Å². The number of benzene rings is 2. The molecule has 0 fully saturated rings. The van der Waals surface area contributed by atoms with Gasteiger partial charge in [0.15, 0.2) is 30.5 Å². The molecule has 5 nitrogen and oxygen atoms in total. The van der Waals surface area contributed by atoms with Gasteiger partial charge in [-0.25, -0.2) is 4.79 Å². The number of ketones is 1. The minimum absolute atomic E-state index is 0.250. The Balaban J connectivity index is 1.89. The molecule has 0 heterocycles. The fourth-order valence-electron chi connectivity index (χ4n) is 2.42. The van der Waals surface area contributed by atoms with E-state index in [9.17, 15) is 9.59 Å². The Morgan fingerprint density at radius 1 is 0.963 bits per heavy atom. The molecular weight excluding hydrogens is 344 g/mol. The van der Waals surface area contributed by atoms with Crippen molar-refractivity contribution in [1.82, 2.24) is 0 Å². The van der Waals surface area contributed by atoms with E-state index in [2.05, 4.69) is 0 Å².